The van der Waals surface area contributed by atoms with Gasteiger partial charge in [0, 0.05) is 7.05 Å². The second-order valence-electron chi connectivity index (χ2n) is 5.96. The highest BCUT2D eigenvalue weighted by Gasteiger charge is 2.18. The number of nitrogens with zero attached hydrogens (tertiary/aromatic N) is 3. The molecule has 3 aromatic rings. The van der Waals surface area contributed by atoms with Crippen LogP contribution in [0.3, 0.4) is 0 Å². The molecule has 0 saturated carbocycles. The Labute approximate surface area is 154 Å². The van der Waals surface area contributed by atoms with Crippen molar-refractivity contribution in [3.8, 4) is 6.07 Å². The van der Waals surface area contributed by atoms with Gasteiger partial charge in [0.05, 0.1) is 16.6 Å². The van der Waals surface area contributed by atoms with Gasteiger partial charge in [0.2, 0.25) is 0 Å². The SMILES string of the molecule is Cc1ccc(C(=O)OC/C(O)=C(\C#N)c2nc3ccccc3n2C)cc1F. The molecule has 0 bridgehead atoms. The van der Waals surface area contributed by atoms with E-state index < -0.39 is 24.2 Å². The van der Waals surface area contributed by atoms with E-state index in [4.69, 9.17) is 4.74 Å². The van der Waals surface area contributed by atoms with E-state index in [1.807, 2.05) is 24.3 Å². The zero-order chi connectivity index (χ0) is 19.6. The minimum atomic E-state index is -0.803. The summed E-state index contributed by atoms with van der Waals surface area (Å²) >= 11 is 0. The molecule has 0 unspecified atom stereocenters. The van der Waals surface area contributed by atoms with Crippen LogP contribution in [0.25, 0.3) is 16.6 Å². The van der Waals surface area contributed by atoms with Crippen LogP contribution in [0.2, 0.25) is 0 Å². The number of hydrogen-bond donors (Lipinski definition) is 1. The van der Waals surface area contributed by atoms with Gasteiger partial charge in [0.1, 0.15) is 24.1 Å². The first-order valence-corrected chi connectivity index (χ1v) is 8.09. The summed E-state index contributed by atoms with van der Waals surface area (Å²) in [5.41, 5.74) is 1.79. The molecule has 0 radical (unpaired) electrons. The lowest BCUT2D eigenvalue weighted by molar-refractivity contribution is 0.0502. The summed E-state index contributed by atoms with van der Waals surface area (Å²) in [6, 6.07) is 13.1. The fourth-order valence-electron chi connectivity index (χ4n) is 2.62. The molecule has 0 amide bonds. The van der Waals surface area contributed by atoms with Gasteiger partial charge < -0.3 is 14.4 Å². The summed E-state index contributed by atoms with van der Waals surface area (Å²) in [6.07, 6.45) is 0. The summed E-state index contributed by atoms with van der Waals surface area (Å²) in [5, 5.41) is 19.7. The monoisotopic (exact) mass is 365 g/mol. The van der Waals surface area contributed by atoms with Crippen molar-refractivity contribution in [1.82, 2.24) is 9.55 Å². The molecule has 1 N–H and O–H groups in total. The van der Waals surface area contributed by atoms with Crippen molar-refractivity contribution in [3.05, 3.63) is 71.0 Å². The number of aromatic nitrogens is 2. The third-order valence-electron chi connectivity index (χ3n) is 4.16. The Morgan fingerprint density at radius 2 is 2.07 bits per heavy atom. The van der Waals surface area contributed by atoms with Crippen molar-refractivity contribution in [1.29, 1.82) is 5.26 Å². The third-order valence-corrected chi connectivity index (χ3v) is 4.16. The maximum absolute atomic E-state index is 13.6. The lowest BCUT2D eigenvalue weighted by atomic mass is 10.1. The summed E-state index contributed by atoms with van der Waals surface area (Å²) in [5.74, 6) is -1.50. The van der Waals surface area contributed by atoms with Crippen molar-refractivity contribution in [2.24, 2.45) is 7.05 Å². The highest BCUT2D eigenvalue weighted by molar-refractivity contribution is 5.90. The van der Waals surface area contributed by atoms with E-state index in [-0.39, 0.29) is 17.0 Å². The first-order chi connectivity index (χ1) is 12.9. The molecule has 6 nitrogen and oxygen atoms in total. The quantitative estimate of drug-likeness (QED) is 0.433. The van der Waals surface area contributed by atoms with E-state index in [0.717, 1.165) is 11.6 Å². The van der Waals surface area contributed by atoms with Crippen molar-refractivity contribution >= 4 is 22.6 Å². The normalized spacial score (nSPS) is 11.8. The Hall–Kier alpha value is -3.66. The number of aliphatic hydroxyl groups excluding tert-OH is 1. The number of carbonyl (C=O) groups excluding carboxylic acids is 1. The molecule has 1 aromatic heterocycles. The largest absolute Gasteiger partial charge is 0.507 e. The number of fused-ring (bicyclic) bond motifs is 1. The number of hydrogen-bond acceptors (Lipinski definition) is 5. The fourth-order valence-corrected chi connectivity index (χ4v) is 2.62. The van der Waals surface area contributed by atoms with Crippen LogP contribution < -0.4 is 0 Å². The third kappa shape index (κ3) is 3.51. The van der Waals surface area contributed by atoms with Crippen molar-refractivity contribution in [2.75, 3.05) is 6.61 Å². The number of para-hydroxylation sites is 2. The predicted molar refractivity (Wildman–Crippen MR) is 97.3 cm³/mol. The van der Waals surface area contributed by atoms with Gasteiger partial charge in [-0.25, -0.2) is 14.2 Å². The minimum Gasteiger partial charge on any atom is -0.507 e. The van der Waals surface area contributed by atoms with Gasteiger partial charge in [0.25, 0.3) is 0 Å². The summed E-state index contributed by atoms with van der Waals surface area (Å²) in [6.45, 7) is 1.05. The number of aliphatic hydroxyl groups is 1. The van der Waals surface area contributed by atoms with Crippen LogP contribution in [0.1, 0.15) is 21.7 Å². The van der Waals surface area contributed by atoms with Crippen LogP contribution in [-0.4, -0.2) is 27.2 Å². The summed E-state index contributed by atoms with van der Waals surface area (Å²) in [7, 11) is 1.72. The molecule has 0 spiro atoms. The Balaban J connectivity index is 1.85. The van der Waals surface area contributed by atoms with E-state index >= 15 is 0 Å². The second kappa shape index (κ2) is 7.30. The number of esters is 1. The molecule has 0 fully saturated rings. The zero-order valence-electron chi connectivity index (χ0n) is 14.7. The molecule has 0 aliphatic heterocycles. The molecule has 0 aliphatic rings. The fraction of sp³-hybridized carbons (Fsp3) is 0.150. The number of carbonyl (C=O) groups is 1. The number of allylic oxidation sites excluding steroid dienone is 1. The summed E-state index contributed by atoms with van der Waals surface area (Å²) in [4.78, 5) is 16.4. The van der Waals surface area contributed by atoms with Crippen molar-refractivity contribution in [2.45, 2.75) is 6.92 Å². The molecule has 27 heavy (non-hydrogen) atoms. The van der Waals surface area contributed by atoms with Crippen LogP contribution in [-0.2, 0) is 11.8 Å². The first-order valence-electron chi connectivity index (χ1n) is 8.09. The number of nitriles is 1. The highest BCUT2D eigenvalue weighted by atomic mass is 19.1. The number of ether oxygens (including phenoxy) is 1. The molecule has 2 aromatic carbocycles. The molecule has 1 heterocycles. The molecule has 0 saturated heterocycles. The van der Waals surface area contributed by atoms with Gasteiger partial charge in [-0.15, -0.1) is 0 Å². The lowest BCUT2D eigenvalue weighted by Crippen LogP contribution is -2.10. The summed E-state index contributed by atoms with van der Waals surface area (Å²) < 4.78 is 20.2. The molecule has 0 atom stereocenters. The van der Waals surface area contributed by atoms with Crippen LogP contribution in [0, 0.1) is 24.1 Å². The van der Waals surface area contributed by atoms with Crippen LogP contribution >= 0.6 is 0 Å². The average molecular weight is 365 g/mol. The van der Waals surface area contributed by atoms with Gasteiger partial charge in [-0.2, -0.15) is 5.26 Å². The Bertz CT molecular complexity index is 1110. The smallest absolute Gasteiger partial charge is 0.338 e. The van der Waals surface area contributed by atoms with Gasteiger partial charge in [-0.3, -0.25) is 0 Å². The number of imidazole rings is 1. The van der Waals surface area contributed by atoms with E-state index in [1.54, 1.807) is 24.6 Å². The van der Waals surface area contributed by atoms with Crippen LogP contribution in [0.5, 0.6) is 0 Å². The predicted octanol–water partition coefficient (Wildman–Crippen LogP) is 3.67. The van der Waals surface area contributed by atoms with Crippen LogP contribution in [0.15, 0.2) is 48.2 Å². The zero-order valence-corrected chi connectivity index (χ0v) is 14.7. The van der Waals surface area contributed by atoms with Crippen molar-refractivity contribution in [3.63, 3.8) is 0 Å². The molecular weight excluding hydrogens is 349 g/mol. The standard InChI is InChI=1S/C20H16FN3O3/c1-12-7-8-13(9-15(12)21)20(26)27-11-18(25)14(10-22)19-23-16-5-3-4-6-17(16)24(19)2/h3-9,25H,11H2,1-2H3/b18-14-. The van der Waals surface area contributed by atoms with Gasteiger partial charge >= 0.3 is 5.97 Å². The lowest BCUT2D eigenvalue weighted by Gasteiger charge is -2.07. The Kier molecular flexibility index (Phi) is 4.90. The number of benzene rings is 2. The van der Waals surface area contributed by atoms with E-state index in [1.165, 1.54) is 12.1 Å². The van der Waals surface area contributed by atoms with Crippen LogP contribution in [0.4, 0.5) is 4.39 Å². The molecule has 0 aliphatic carbocycles. The average Bonchev–Trinajstić information content (AvgIpc) is 2.99. The highest BCUT2D eigenvalue weighted by Crippen LogP contribution is 2.22. The number of aryl methyl sites for hydroxylation is 2. The van der Waals surface area contributed by atoms with Crippen molar-refractivity contribution < 1.29 is 19.0 Å². The topological polar surface area (TPSA) is 88.1 Å². The maximum atomic E-state index is 13.6. The Morgan fingerprint density at radius 1 is 1.33 bits per heavy atom. The van der Waals surface area contributed by atoms with E-state index in [0.29, 0.717) is 11.1 Å². The minimum absolute atomic E-state index is 0.0205. The van der Waals surface area contributed by atoms with E-state index in [9.17, 15) is 19.6 Å². The second-order valence-corrected chi connectivity index (χ2v) is 5.96. The molecule has 136 valence electrons. The Morgan fingerprint density at radius 3 is 2.74 bits per heavy atom. The van der Waals surface area contributed by atoms with Gasteiger partial charge in [-0.1, -0.05) is 18.2 Å². The van der Waals surface area contributed by atoms with E-state index in [2.05, 4.69) is 4.98 Å². The van der Waals surface area contributed by atoms with Gasteiger partial charge in [-0.05, 0) is 36.8 Å². The number of halogens is 1. The molecule has 7 heteroatoms. The molecule has 3 rings (SSSR count). The molecular formula is C20H16FN3O3. The number of rotatable bonds is 4. The maximum Gasteiger partial charge on any atom is 0.338 e. The van der Waals surface area contributed by atoms with Gasteiger partial charge in [0.15, 0.2) is 11.6 Å². The first kappa shape index (κ1) is 18.1.